The van der Waals surface area contributed by atoms with Gasteiger partial charge >= 0.3 is 0 Å². The molecule has 0 bridgehead atoms. The zero-order chi connectivity index (χ0) is 14.4. The van der Waals surface area contributed by atoms with Crippen LogP contribution in [0.25, 0.3) is 11.0 Å². The summed E-state index contributed by atoms with van der Waals surface area (Å²) in [4.78, 5) is 21.8. The summed E-state index contributed by atoms with van der Waals surface area (Å²) < 4.78 is 18.4. The van der Waals surface area contributed by atoms with Crippen LogP contribution in [0.4, 0.5) is 4.39 Å². The molecule has 2 rings (SSSR count). The Balaban J connectivity index is 1.89. The minimum atomic E-state index is -0.361. The van der Waals surface area contributed by atoms with E-state index in [0.29, 0.717) is 42.5 Å². The molecule has 0 fully saturated rings. The van der Waals surface area contributed by atoms with E-state index in [4.69, 9.17) is 4.42 Å². The molecular weight excluding hydrogens is 263 g/mol. The van der Waals surface area contributed by atoms with Crippen molar-refractivity contribution in [1.29, 1.82) is 0 Å². The van der Waals surface area contributed by atoms with E-state index in [1.54, 1.807) is 0 Å². The lowest BCUT2D eigenvalue weighted by Crippen LogP contribution is -2.28. The van der Waals surface area contributed by atoms with Crippen molar-refractivity contribution in [2.45, 2.75) is 12.8 Å². The van der Waals surface area contributed by atoms with Crippen molar-refractivity contribution >= 4 is 23.3 Å². The summed E-state index contributed by atoms with van der Waals surface area (Å²) in [5, 5.41) is 5.85. The summed E-state index contributed by atoms with van der Waals surface area (Å²) in [5.41, 5.74) is 1.22. The SMILES string of the molecule is O=CNCCCNC(=O)Cc1coc2ccc(F)cc12. The quantitative estimate of drug-likeness (QED) is 0.593. The van der Waals surface area contributed by atoms with Crippen molar-refractivity contribution in [3.8, 4) is 0 Å². The molecule has 2 N–H and O–H groups in total. The normalized spacial score (nSPS) is 10.4. The highest BCUT2D eigenvalue weighted by Crippen LogP contribution is 2.22. The van der Waals surface area contributed by atoms with Crippen molar-refractivity contribution in [2.24, 2.45) is 0 Å². The van der Waals surface area contributed by atoms with E-state index in [1.807, 2.05) is 0 Å². The van der Waals surface area contributed by atoms with Crippen LogP contribution in [0.3, 0.4) is 0 Å². The highest BCUT2D eigenvalue weighted by Gasteiger charge is 2.10. The van der Waals surface area contributed by atoms with Gasteiger partial charge in [0.15, 0.2) is 0 Å². The van der Waals surface area contributed by atoms with Crippen molar-refractivity contribution in [1.82, 2.24) is 10.6 Å². The third-order valence-corrected chi connectivity index (χ3v) is 2.87. The van der Waals surface area contributed by atoms with Gasteiger partial charge in [0.25, 0.3) is 0 Å². The second-order valence-corrected chi connectivity index (χ2v) is 4.35. The average Bonchev–Trinajstić information content (AvgIpc) is 2.81. The fourth-order valence-corrected chi connectivity index (χ4v) is 1.90. The number of rotatable bonds is 7. The third kappa shape index (κ3) is 3.57. The molecule has 2 amide bonds. The summed E-state index contributed by atoms with van der Waals surface area (Å²) in [6.07, 6.45) is 2.88. The first kappa shape index (κ1) is 14.0. The number of hydrogen-bond donors (Lipinski definition) is 2. The van der Waals surface area contributed by atoms with E-state index in [-0.39, 0.29) is 18.1 Å². The Kier molecular flexibility index (Phi) is 4.70. The maximum Gasteiger partial charge on any atom is 0.224 e. The number of fused-ring (bicyclic) bond motifs is 1. The Labute approximate surface area is 115 Å². The van der Waals surface area contributed by atoms with Gasteiger partial charge in [-0.1, -0.05) is 0 Å². The van der Waals surface area contributed by atoms with Gasteiger partial charge in [0.2, 0.25) is 12.3 Å². The van der Waals surface area contributed by atoms with Gasteiger partial charge in [-0.25, -0.2) is 4.39 Å². The molecule has 5 nitrogen and oxygen atoms in total. The molecule has 0 spiro atoms. The van der Waals surface area contributed by atoms with Crippen LogP contribution in [-0.4, -0.2) is 25.4 Å². The average molecular weight is 278 g/mol. The Morgan fingerprint density at radius 1 is 1.35 bits per heavy atom. The highest BCUT2D eigenvalue weighted by atomic mass is 19.1. The molecule has 0 aliphatic carbocycles. The zero-order valence-corrected chi connectivity index (χ0v) is 10.8. The largest absolute Gasteiger partial charge is 0.464 e. The molecule has 0 atom stereocenters. The van der Waals surface area contributed by atoms with Crippen LogP contribution < -0.4 is 10.6 Å². The zero-order valence-electron chi connectivity index (χ0n) is 10.8. The smallest absolute Gasteiger partial charge is 0.224 e. The maximum atomic E-state index is 13.2. The summed E-state index contributed by atoms with van der Waals surface area (Å²) in [6, 6.07) is 4.21. The number of hydrogen-bond acceptors (Lipinski definition) is 3. The van der Waals surface area contributed by atoms with Crippen LogP contribution in [0.1, 0.15) is 12.0 Å². The number of nitrogens with one attached hydrogen (secondary N) is 2. The minimum absolute atomic E-state index is 0.136. The molecule has 1 aromatic heterocycles. The number of carbonyl (C=O) groups excluding carboxylic acids is 2. The first-order valence-electron chi connectivity index (χ1n) is 6.30. The van der Waals surface area contributed by atoms with E-state index >= 15 is 0 Å². The van der Waals surface area contributed by atoms with E-state index in [1.165, 1.54) is 24.5 Å². The predicted octanol–water partition coefficient (Wildman–Crippen LogP) is 1.37. The molecule has 0 aliphatic rings. The number of amides is 2. The number of halogens is 1. The monoisotopic (exact) mass is 278 g/mol. The van der Waals surface area contributed by atoms with E-state index in [0.717, 1.165) is 0 Å². The van der Waals surface area contributed by atoms with Gasteiger partial charge in [0, 0.05) is 24.0 Å². The van der Waals surface area contributed by atoms with Crippen LogP contribution in [0.5, 0.6) is 0 Å². The molecule has 0 saturated carbocycles. The van der Waals surface area contributed by atoms with E-state index < -0.39 is 0 Å². The predicted molar refractivity (Wildman–Crippen MR) is 71.6 cm³/mol. The minimum Gasteiger partial charge on any atom is -0.464 e. The van der Waals surface area contributed by atoms with Gasteiger partial charge in [0.05, 0.1) is 12.7 Å². The van der Waals surface area contributed by atoms with Gasteiger partial charge in [-0.05, 0) is 24.6 Å². The molecule has 1 heterocycles. The van der Waals surface area contributed by atoms with E-state index in [9.17, 15) is 14.0 Å². The highest BCUT2D eigenvalue weighted by molar-refractivity contribution is 5.87. The van der Waals surface area contributed by atoms with Crippen molar-refractivity contribution in [3.05, 3.63) is 35.8 Å². The van der Waals surface area contributed by atoms with Gasteiger partial charge in [0.1, 0.15) is 11.4 Å². The van der Waals surface area contributed by atoms with Crippen LogP contribution in [0.15, 0.2) is 28.9 Å². The Bertz CT molecular complexity index is 609. The van der Waals surface area contributed by atoms with Crippen LogP contribution in [0, 0.1) is 5.82 Å². The van der Waals surface area contributed by atoms with Crippen molar-refractivity contribution in [3.63, 3.8) is 0 Å². The third-order valence-electron chi connectivity index (χ3n) is 2.87. The lowest BCUT2D eigenvalue weighted by Gasteiger charge is -2.04. The summed E-state index contributed by atoms with van der Waals surface area (Å²) in [5.74, 6) is -0.524. The fraction of sp³-hybridized carbons (Fsp3) is 0.286. The second-order valence-electron chi connectivity index (χ2n) is 4.35. The Morgan fingerprint density at radius 2 is 2.20 bits per heavy atom. The fourth-order valence-electron chi connectivity index (χ4n) is 1.90. The summed E-state index contributed by atoms with van der Waals surface area (Å²) in [7, 11) is 0. The molecule has 106 valence electrons. The Hall–Kier alpha value is -2.37. The van der Waals surface area contributed by atoms with E-state index in [2.05, 4.69) is 10.6 Å². The molecule has 1 aromatic carbocycles. The van der Waals surface area contributed by atoms with Crippen molar-refractivity contribution in [2.75, 3.05) is 13.1 Å². The molecule has 0 aliphatic heterocycles. The first-order chi connectivity index (χ1) is 9.70. The second kappa shape index (κ2) is 6.70. The van der Waals surface area contributed by atoms with Gasteiger partial charge in [-0.3, -0.25) is 9.59 Å². The summed E-state index contributed by atoms with van der Waals surface area (Å²) in [6.45, 7) is 0.994. The van der Waals surface area contributed by atoms with Crippen molar-refractivity contribution < 1.29 is 18.4 Å². The molecular formula is C14H15FN2O3. The molecule has 6 heteroatoms. The lowest BCUT2D eigenvalue weighted by molar-refractivity contribution is -0.120. The van der Waals surface area contributed by atoms with Crippen LogP contribution in [-0.2, 0) is 16.0 Å². The topological polar surface area (TPSA) is 71.3 Å². The summed E-state index contributed by atoms with van der Waals surface area (Å²) >= 11 is 0. The lowest BCUT2D eigenvalue weighted by atomic mass is 10.1. The maximum absolute atomic E-state index is 13.2. The molecule has 20 heavy (non-hydrogen) atoms. The van der Waals surface area contributed by atoms with Gasteiger partial charge in [-0.15, -0.1) is 0 Å². The Morgan fingerprint density at radius 3 is 3.00 bits per heavy atom. The van der Waals surface area contributed by atoms with Crippen LogP contribution >= 0.6 is 0 Å². The van der Waals surface area contributed by atoms with Gasteiger partial charge < -0.3 is 15.1 Å². The molecule has 2 aromatic rings. The standard InChI is InChI=1S/C14H15FN2O3/c15-11-2-3-13-12(7-11)10(8-20-13)6-14(19)17-5-1-4-16-9-18/h2-3,7-9H,1,4-6H2,(H,16,18)(H,17,19). The van der Waals surface area contributed by atoms with Crippen LogP contribution in [0.2, 0.25) is 0 Å². The molecule has 0 unspecified atom stereocenters. The number of carbonyl (C=O) groups is 2. The van der Waals surface area contributed by atoms with Gasteiger partial charge in [-0.2, -0.15) is 0 Å². The first-order valence-corrected chi connectivity index (χ1v) is 6.30. The molecule has 0 saturated heterocycles. The number of furan rings is 1. The number of benzene rings is 1. The molecule has 0 radical (unpaired) electrons.